The van der Waals surface area contributed by atoms with Crippen LogP contribution in [0.2, 0.25) is 0 Å². The van der Waals surface area contributed by atoms with E-state index in [9.17, 15) is 9.18 Å². The number of guanidine groups is 1. The molecule has 0 atom stereocenters. The first-order chi connectivity index (χ1) is 13.6. The van der Waals surface area contributed by atoms with E-state index in [2.05, 4.69) is 4.99 Å². The smallest absolute Gasteiger partial charge is 0.410 e. The molecule has 1 aromatic carbocycles. The number of nitrogens with zero attached hydrogens (tertiary/aromatic N) is 4. The minimum atomic E-state index is -0.521. The number of carbonyl (C=O) groups is 1. The minimum Gasteiger partial charge on any atom is -0.444 e. The van der Waals surface area contributed by atoms with Crippen molar-refractivity contribution in [2.75, 3.05) is 44.2 Å². The van der Waals surface area contributed by atoms with Gasteiger partial charge in [0.05, 0.1) is 12.2 Å². The highest BCUT2D eigenvalue weighted by molar-refractivity contribution is 14.0. The maximum atomic E-state index is 14.7. The second-order valence-electron chi connectivity index (χ2n) is 8.09. The van der Waals surface area contributed by atoms with Gasteiger partial charge in [-0.15, -0.1) is 24.0 Å². The molecule has 0 aliphatic carbocycles. The molecule has 1 fully saturated rings. The number of rotatable bonds is 5. The van der Waals surface area contributed by atoms with Gasteiger partial charge in [0, 0.05) is 39.3 Å². The molecule has 2 N–H and O–H groups in total. The molecule has 9 heteroatoms. The van der Waals surface area contributed by atoms with E-state index in [1.807, 2.05) is 50.5 Å². The summed E-state index contributed by atoms with van der Waals surface area (Å²) in [5.41, 5.74) is 6.77. The van der Waals surface area contributed by atoms with E-state index >= 15 is 0 Å². The largest absolute Gasteiger partial charge is 0.444 e. The topological polar surface area (TPSA) is 74.4 Å². The van der Waals surface area contributed by atoms with Crippen LogP contribution >= 0.6 is 24.0 Å². The monoisotopic (exact) mass is 535 g/mol. The van der Waals surface area contributed by atoms with Crippen LogP contribution in [0.5, 0.6) is 0 Å². The molecule has 2 rings (SSSR count). The van der Waals surface area contributed by atoms with Gasteiger partial charge in [-0.05, 0) is 52.3 Å². The van der Waals surface area contributed by atoms with E-state index in [1.165, 1.54) is 6.07 Å². The van der Waals surface area contributed by atoms with E-state index in [-0.39, 0.29) is 35.9 Å². The maximum Gasteiger partial charge on any atom is 0.410 e. The van der Waals surface area contributed by atoms with Crippen molar-refractivity contribution >= 4 is 41.7 Å². The van der Waals surface area contributed by atoms with Crippen LogP contribution in [0, 0.1) is 5.82 Å². The van der Waals surface area contributed by atoms with Gasteiger partial charge < -0.3 is 25.2 Å². The quantitative estimate of drug-likeness (QED) is 0.354. The Morgan fingerprint density at radius 2 is 1.80 bits per heavy atom. The van der Waals surface area contributed by atoms with Gasteiger partial charge >= 0.3 is 6.09 Å². The van der Waals surface area contributed by atoms with Gasteiger partial charge in [0.25, 0.3) is 0 Å². The lowest BCUT2D eigenvalue weighted by Crippen LogP contribution is -2.50. The number of aliphatic imine (C=N–C) groups is 1. The third-order valence-corrected chi connectivity index (χ3v) is 4.80. The highest BCUT2D eigenvalue weighted by atomic mass is 127. The van der Waals surface area contributed by atoms with Gasteiger partial charge in [-0.3, -0.25) is 0 Å². The van der Waals surface area contributed by atoms with Gasteiger partial charge in [0.15, 0.2) is 5.96 Å². The van der Waals surface area contributed by atoms with Gasteiger partial charge in [-0.25, -0.2) is 14.2 Å². The highest BCUT2D eigenvalue weighted by Crippen LogP contribution is 2.23. The van der Waals surface area contributed by atoms with Crippen molar-refractivity contribution in [1.82, 2.24) is 9.80 Å². The summed E-state index contributed by atoms with van der Waals surface area (Å²) in [5, 5.41) is 0. The second-order valence-corrected chi connectivity index (χ2v) is 8.09. The van der Waals surface area contributed by atoms with Gasteiger partial charge in [-0.2, -0.15) is 0 Å². The summed E-state index contributed by atoms with van der Waals surface area (Å²) < 4.78 is 20.1. The summed E-state index contributed by atoms with van der Waals surface area (Å²) in [5.74, 6) is 0.183. The number of hydrogen-bond acceptors (Lipinski definition) is 4. The Morgan fingerprint density at radius 3 is 2.30 bits per heavy atom. The zero-order valence-corrected chi connectivity index (χ0v) is 21.0. The van der Waals surface area contributed by atoms with Gasteiger partial charge in [0.2, 0.25) is 0 Å². The van der Waals surface area contributed by atoms with Gasteiger partial charge in [0.1, 0.15) is 11.4 Å². The standard InChI is InChI=1S/C21H34FN5O2.HI/c1-6-25(7-2)19(23)24-15-16-8-9-18(17(22)14-16)26-10-12-27(13-11-26)20(28)29-21(3,4)5;/h8-9,14H,6-7,10-13,15H2,1-5H3,(H2,23,24);1H. The van der Waals surface area contributed by atoms with Crippen molar-refractivity contribution in [3.8, 4) is 0 Å². The number of anilines is 1. The van der Waals surface area contributed by atoms with Crippen LogP contribution in [0.25, 0.3) is 0 Å². The number of piperazine rings is 1. The predicted octanol–water partition coefficient (Wildman–Crippen LogP) is 3.66. The molecular weight excluding hydrogens is 500 g/mol. The van der Waals surface area contributed by atoms with E-state index in [0.29, 0.717) is 44.4 Å². The second kappa shape index (κ2) is 11.6. The normalized spacial score (nSPS) is 14.9. The van der Waals surface area contributed by atoms with Crippen LogP contribution in [0.15, 0.2) is 23.2 Å². The number of nitrogens with two attached hydrogens (primary N) is 1. The van der Waals surface area contributed by atoms with Crippen LogP contribution in [0.4, 0.5) is 14.9 Å². The summed E-state index contributed by atoms with van der Waals surface area (Å²) in [7, 11) is 0. The lowest BCUT2D eigenvalue weighted by Gasteiger charge is -2.36. The molecule has 1 aliphatic heterocycles. The summed E-state index contributed by atoms with van der Waals surface area (Å²) in [6.45, 7) is 13.6. The summed E-state index contributed by atoms with van der Waals surface area (Å²) >= 11 is 0. The molecule has 1 aromatic rings. The summed E-state index contributed by atoms with van der Waals surface area (Å²) in [4.78, 5) is 22.1. The number of benzene rings is 1. The summed E-state index contributed by atoms with van der Waals surface area (Å²) in [6.07, 6.45) is -0.323. The van der Waals surface area contributed by atoms with E-state index in [1.54, 1.807) is 11.0 Å². The Labute approximate surface area is 196 Å². The SMILES string of the molecule is CCN(CC)C(N)=NCc1ccc(N2CCN(C(=O)OC(C)(C)C)CC2)c(F)c1.I. The Morgan fingerprint density at radius 1 is 1.20 bits per heavy atom. The fourth-order valence-corrected chi connectivity index (χ4v) is 3.18. The molecule has 0 bridgehead atoms. The number of carbonyl (C=O) groups excluding carboxylic acids is 1. The third-order valence-electron chi connectivity index (χ3n) is 4.80. The fourth-order valence-electron chi connectivity index (χ4n) is 3.18. The van der Waals surface area contributed by atoms with Crippen molar-refractivity contribution < 1.29 is 13.9 Å². The maximum absolute atomic E-state index is 14.7. The van der Waals surface area contributed by atoms with Crippen molar-refractivity contribution in [3.63, 3.8) is 0 Å². The summed E-state index contributed by atoms with van der Waals surface area (Å²) in [6, 6.07) is 5.16. The molecule has 7 nitrogen and oxygen atoms in total. The van der Waals surface area contributed by atoms with E-state index in [0.717, 1.165) is 18.7 Å². The Kier molecular flexibility index (Phi) is 10.1. The molecule has 1 saturated heterocycles. The van der Waals surface area contributed by atoms with E-state index < -0.39 is 5.60 Å². The third kappa shape index (κ3) is 7.48. The Bertz CT molecular complexity index is 727. The highest BCUT2D eigenvalue weighted by Gasteiger charge is 2.26. The molecule has 1 aliphatic rings. The van der Waals surface area contributed by atoms with Crippen LogP contribution < -0.4 is 10.6 Å². The van der Waals surface area contributed by atoms with E-state index in [4.69, 9.17) is 10.5 Å². The van der Waals surface area contributed by atoms with Gasteiger partial charge in [-0.1, -0.05) is 6.07 Å². The first kappa shape index (κ1) is 26.3. The van der Waals surface area contributed by atoms with Crippen LogP contribution in [0.1, 0.15) is 40.2 Å². The fraction of sp³-hybridized carbons (Fsp3) is 0.619. The van der Waals surface area contributed by atoms with Crippen molar-refractivity contribution in [3.05, 3.63) is 29.6 Å². The van der Waals surface area contributed by atoms with Crippen molar-refractivity contribution in [1.29, 1.82) is 0 Å². The lowest BCUT2D eigenvalue weighted by molar-refractivity contribution is 0.0240. The molecule has 0 saturated carbocycles. The Hall–Kier alpha value is -1.78. The molecule has 0 radical (unpaired) electrons. The molecular formula is C21H35FIN5O2. The average molecular weight is 535 g/mol. The average Bonchev–Trinajstić information content (AvgIpc) is 2.66. The number of halogens is 2. The lowest BCUT2D eigenvalue weighted by atomic mass is 10.1. The van der Waals surface area contributed by atoms with Crippen LogP contribution in [-0.2, 0) is 11.3 Å². The minimum absolute atomic E-state index is 0. The number of ether oxygens (including phenoxy) is 1. The van der Waals surface area contributed by atoms with Crippen molar-refractivity contribution in [2.45, 2.75) is 46.8 Å². The first-order valence-electron chi connectivity index (χ1n) is 10.2. The van der Waals surface area contributed by atoms with Crippen LogP contribution in [-0.4, -0.2) is 66.7 Å². The molecule has 0 spiro atoms. The molecule has 1 heterocycles. The Balaban J connectivity index is 0.00000450. The molecule has 0 aromatic heterocycles. The molecule has 170 valence electrons. The first-order valence-corrected chi connectivity index (χ1v) is 10.2. The number of amides is 1. The molecule has 1 amide bonds. The predicted molar refractivity (Wildman–Crippen MR) is 130 cm³/mol. The zero-order valence-electron chi connectivity index (χ0n) is 18.7. The van der Waals surface area contributed by atoms with Crippen LogP contribution in [0.3, 0.4) is 0 Å². The zero-order chi connectivity index (χ0) is 21.6. The number of hydrogen-bond donors (Lipinski definition) is 1. The van der Waals surface area contributed by atoms with Crippen molar-refractivity contribution in [2.24, 2.45) is 10.7 Å². The molecule has 30 heavy (non-hydrogen) atoms. The molecule has 0 unspecified atom stereocenters.